The topological polar surface area (TPSA) is 114 Å². The fourth-order valence-corrected chi connectivity index (χ4v) is 5.02. The first-order valence-electron chi connectivity index (χ1n) is 12.0. The van der Waals surface area contributed by atoms with Crippen LogP contribution in [0.2, 0.25) is 0 Å². The second-order valence-corrected chi connectivity index (χ2v) is 10.6. The molecular formula is C27H33N3O5S. The highest BCUT2D eigenvalue weighted by atomic mass is 32.2. The molecule has 0 unspecified atom stereocenters. The van der Waals surface area contributed by atoms with Crippen molar-refractivity contribution >= 4 is 38.5 Å². The number of unbranched alkanes of at least 4 members (excludes halogenated alkanes) is 1. The third-order valence-corrected chi connectivity index (χ3v) is 7.21. The van der Waals surface area contributed by atoms with Crippen molar-refractivity contribution in [3.05, 3.63) is 72.3 Å². The lowest BCUT2D eigenvalue weighted by atomic mass is 10.0. The van der Waals surface area contributed by atoms with Crippen LogP contribution in [-0.2, 0) is 26.2 Å². The molecule has 0 spiro atoms. The van der Waals surface area contributed by atoms with E-state index in [1.165, 1.54) is 0 Å². The second kappa shape index (κ2) is 12.5. The predicted octanol–water partition coefficient (Wildman–Crippen LogP) is 4.81. The highest BCUT2D eigenvalue weighted by molar-refractivity contribution is 7.89. The fourth-order valence-electron chi connectivity index (χ4n) is 3.72. The molecule has 0 heterocycles. The maximum Gasteiger partial charge on any atom is 0.408 e. The molecule has 0 saturated carbocycles. The van der Waals surface area contributed by atoms with E-state index in [4.69, 9.17) is 4.74 Å². The van der Waals surface area contributed by atoms with Crippen LogP contribution < -0.4 is 15.4 Å². The minimum absolute atomic E-state index is 0.0893. The molecule has 0 saturated heterocycles. The lowest BCUT2D eigenvalue weighted by Crippen LogP contribution is -2.47. The van der Waals surface area contributed by atoms with Crippen LogP contribution in [0.5, 0.6) is 0 Å². The molecule has 0 aliphatic heterocycles. The molecule has 8 nitrogen and oxygen atoms in total. The van der Waals surface area contributed by atoms with Crippen molar-refractivity contribution < 1.29 is 22.7 Å². The first-order chi connectivity index (χ1) is 17.2. The Balaban J connectivity index is 1.77. The third kappa shape index (κ3) is 7.05. The van der Waals surface area contributed by atoms with Gasteiger partial charge in [-0.2, -0.15) is 0 Å². The smallest absolute Gasteiger partial charge is 0.408 e. The largest absolute Gasteiger partial charge is 0.445 e. The summed E-state index contributed by atoms with van der Waals surface area (Å²) in [6.45, 7) is 6.07. The Kier molecular flexibility index (Phi) is 9.44. The van der Waals surface area contributed by atoms with Crippen LogP contribution in [-0.4, -0.2) is 33.0 Å². The van der Waals surface area contributed by atoms with Crippen LogP contribution in [0.1, 0.15) is 39.2 Å². The zero-order chi connectivity index (χ0) is 26.1. The molecule has 0 aromatic heterocycles. The van der Waals surface area contributed by atoms with Crippen LogP contribution in [0.25, 0.3) is 10.8 Å². The van der Waals surface area contributed by atoms with E-state index in [1.807, 2.05) is 51.1 Å². The number of carbonyl (C=O) groups is 2. The molecule has 0 aliphatic carbocycles. The number of nitrogens with one attached hydrogen (secondary N) is 3. The van der Waals surface area contributed by atoms with Gasteiger partial charge in [0.25, 0.3) is 0 Å². The van der Waals surface area contributed by atoms with Crippen molar-refractivity contribution in [2.75, 3.05) is 11.9 Å². The Bertz CT molecular complexity index is 1290. The highest BCUT2D eigenvalue weighted by Crippen LogP contribution is 2.29. The van der Waals surface area contributed by atoms with Gasteiger partial charge in [0, 0.05) is 23.0 Å². The summed E-state index contributed by atoms with van der Waals surface area (Å²) in [6.07, 6.45) is 0.916. The van der Waals surface area contributed by atoms with Gasteiger partial charge in [-0.05, 0) is 30.0 Å². The van der Waals surface area contributed by atoms with Crippen molar-refractivity contribution in [3.63, 3.8) is 0 Å². The molecule has 0 aliphatic rings. The van der Waals surface area contributed by atoms with Crippen molar-refractivity contribution in [1.82, 2.24) is 10.0 Å². The van der Waals surface area contributed by atoms with E-state index in [9.17, 15) is 18.0 Å². The minimum atomic E-state index is -3.72. The molecule has 0 radical (unpaired) electrons. The quantitative estimate of drug-likeness (QED) is 0.320. The third-order valence-electron chi connectivity index (χ3n) is 5.69. The highest BCUT2D eigenvalue weighted by Gasteiger charge is 2.26. The normalized spacial score (nSPS) is 12.3. The molecular weight excluding hydrogens is 478 g/mol. The van der Waals surface area contributed by atoms with Gasteiger partial charge in [-0.25, -0.2) is 17.9 Å². The maximum absolute atomic E-state index is 13.2. The number of benzene rings is 3. The number of fused-ring (bicyclic) bond motifs is 1. The number of amides is 2. The lowest BCUT2D eigenvalue weighted by Gasteiger charge is -2.22. The SMILES string of the molecule is CCCCNS(=O)(=O)c1cccc2c(NC(=O)[C@H](NC(=O)OCc3ccccc3)C(C)C)cccc12. The monoisotopic (exact) mass is 511 g/mol. The summed E-state index contributed by atoms with van der Waals surface area (Å²) in [6, 6.07) is 18.4. The molecule has 9 heteroatoms. The van der Waals surface area contributed by atoms with Crippen LogP contribution in [0.15, 0.2) is 71.6 Å². The Labute approximate surface area is 212 Å². The van der Waals surface area contributed by atoms with E-state index in [-0.39, 0.29) is 17.4 Å². The van der Waals surface area contributed by atoms with E-state index in [1.54, 1.807) is 36.4 Å². The Morgan fingerprint density at radius 2 is 1.61 bits per heavy atom. The summed E-state index contributed by atoms with van der Waals surface area (Å²) in [7, 11) is -3.72. The first-order valence-corrected chi connectivity index (χ1v) is 13.5. The van der Waals surface area contributed by atoms with Gasteiger partial charge in [0.2, 0.25) is 15.9 Å². The molecule has 2 amide bonds. The average molecular weight is 512 g/mol. The Hall–Kier alpha value is -3.43. The van der Waals surface area contributed by atoms with Gasteiger partial charge in [0.05, 0.1) is 4.90 Å². The number of carbonyl (C=O) groups excluding carboxylic acids is 2. The molecule has 3 aromatic rings. The van der Waals surface area contributed by atoms with Gasteiger partial charge in [0.1, 0.15) is 12.6 Å². The van der Waals surface area contributed by atoms with Crippen LogP contribution in [0, 0.1) is 5.92 Å². The average Bonchev–Trinajstić information content (AvgIpc) is 2.86. The Morgan fingerprint density at radius 3 is 2.31 bits per heavy atom. The van der Waals surface area contributed by atoms with E-state index in [0.717, 1.165) is 18.4 Å². The molecule has 36 heavy (non-hydrogen) atoms. The fraction of sp³-hybridized carbons (Fsp3) is 0.333. The minimum Gasteiger partial charge on any atom is -0.445 e. The zero-order valence-corrected chi connectivity index (χ0v) is 21.6. The van der Waals surface area contributed by atoms with Crippen molar-refractivity contribution in [2.24, 2.45) is 5.92 Å². The molecule has 3 rings (SSSR count). The van der Waals surface area contributed by atoms with Crippen molar-refractivity contribution in [3.8, 4) is 0 Å². The van der Waals surface area contributed by atoms with E-state index < -0.39 is 28.1 Å². The zero-order valence-electron chi connectivity index (χ0n) is 20.8. The Morgan fingerprint density at radius 1 is 0.917 bits per heavy atom. The molecule has 3 N–H and O–H groups in total. The van der Waals surface area contributed by atoms with Gasteiger partial charge in [-0.3, -0.25) is 4.79 Å². The standard InChI is InChI=1S/C27H33N3O5S/c1-4-5-17-28-36(33,34)24-16-10-13-21-22(24)14-9-15-23(21)29-26(31)25(19(2)3)30-27(32)35-18-20-11-7-6-8-12-20/h6-16,19,25,28H,4-5,17-18H2,1-3H3,(H,29,31)(H,30,32)/t25-/m1/s1. The summed E-state index contributed by atoms with van der Waals surface area (Å²) in [4.78, 5) is 25.7. The predicted molar refractivity (Wildman–Crippen MR) is 141 cm³/mol. The maximum atomic E-state index is 13.2. The number of hydrogen-bond acceptors (Lipinski definition) is 5. The summed E-state index contributed by atoms with van der Waals surface area (Å²) in [5, 5.41) is 6.57. The summed E-state index contributed by atoms with van der Waals surface area (Å²) in [5.41, 5.74) is 1.29. The van der Waals surface area contributed by atoms with Gasteiger partial charge in [-0.1, -0.05) is 81.8 Å². The summed E-state index contributed by atoms with van der Waals surface area (Å²) < 4.78 is 33.7. The number of sulfonamides is 1. The number of anilines is 1. The van der Waals surface area contributed by atoms with Crippen molar-refractivity contribution in [1.29, 1.82) is 0 Å². The van der Waals surface area contributed by atoms with Gasteiger partial charge in [0.15, 0.2) is 0 Å². The summed E-state index contributed by atoms with van der Waals surface area (Å²) >= 11 is 0. The molecule has 0 fully saturated rings. The van der Waals surface area contributed by atoms with E-state index >= 15 is 0 Å². The van der Waals surface area contributed by atoms with Gasteiger partial charge < -0.3 is 15.4 Å². The molecule has 0 bridgehead atoms. The van der Waals surface area contributed by atoms with Crippen LogP contribution >= 0.6 is 0 Å². The van der Waals surface area contributed by atoms with Crippen LogP contribution in [0.4, 0.5) is 10.5 Å². The first kappa shape index (κ1) is 27.2. The van der Waals surface area contributed by atoms with Crippen molar-refractivity contribution in [2.45, 2.75) is 51.2 Å². The second-order valence-electron chi connectivity index (χ2n) is 8.83. The molecule has 3 aromatic carbocycles. The number of alkyl carbamates (subject to hydrolysis) is 1. The molecule has 192 valence electrons. The summed E-state index contributed by atoms with van der Waals surface area (Å²) in [5.74, 6) is -0.647. The van der Waals surface area contributed by atoms with Gasteiger partial charge in [-0.15, -0.1) is 0 Å². The van der Waals surface area contributed by atoms with Gasteiger partial charge >= 0.3 is 6.09 Å². The molecule has 1 atom stereocenters. The van der Waals surface area contributed by atoms with Crippen LogP contribution in [0.3, 0.4) is 0 Å². The lowest BCUT2D eigenvalue weighted by molar-refractivity contribution is -0.119. The number of hydrogen-bond donors (Lipinski definition) is 3. The van der Waals surface area contributed by atoms with E-state index in [2.05, 4.69) is 15.4 Å². The number of rotatable bonds is 11. The number of ether oxygens (including phenoxy) is 1. The van der Waals surface area contributed by atoms with E-state index in [0.29, 0.717) is 23.0 Å².